The lowest BCUT2D eigenvalue weighted by Crippen LogP contribution is -2.36. The molecule has 2 rings (SSSR count). The Morgan fingerprint density at radius 1 is 1.32 bits per heavy atom. The molecule has 0 aromatic carbocycles. The van der Waals surface area contributed by atoms with E-state index in [9.17, 15) is 4.79 Å². The van der Waals surface area contributed by atoms with Crippen LogP contribution in [0.15, 0.2) is 16.7 Å². The van der Waals surface area contributed by atoms with E-state index in [1.54, 1.807) is 6.26 Å². The Bertz CT molecular complexity index is 403. The van der Waals surface area contributed by atoms with Crippen molar-refractivity contribution in [2.24, 2.45) is 5.41 Å². The van der Waals surface area contributed by atoms with Gasteiger partial charge < -0.3 is 14.1 Å². The molecule has 1 aromatic heterocycles. The number of aldehydes is 1. The fourth-order valence-corrected chi connectivity index (χ4v) is 3.21. The predicted octanol–water partition coefficient (Wildman–Crippen LogP) is 3.56. The molecule has 0 bridgehead atoms. The van der Waals surface area contributed by atoms with Crippen molar-refractivity contribution in [3.8, 4) is 0 Å². The first kappa shape index (κ1) is 14.3. The Hall–Kier alpha value is -1.09. The number of rotatable bonds is 5. The van der Waals surface area contributed by atoms with Crippen LogP contribution in [-0.4, -0.2) is 24.8 Å². The molecule has 3 heteroatoms. The van der Waals surface area contributed by atoms with Crippen LogP contribution in [0.1, 0.15) is 49.8 Å². The standard InChI is InChI=1S/C16H25NO2/c1-14-15(7-10-19-14)11-17(2)12-16(13-18)8-5-3-4-6-9-16/h7,10,13H,3-6,8-9,11-12H2,1-2H3. The van der Waals surface area contributed by atoms with Gasteiger partial charge in [-0.05, 0) is 32.9 Å². The Labute approximate surface area is 116 Å². The van der Waals surface area contributed by atoms with E-state index in [2.05, 4.69) is 11.9 Å². The fourth-order valence-electron chi connectivity index (χ4n) is 3.21. The minimum atomic E-state index is -0.122. The average molecular weight is 263 g/mol. The van der Waals surface area contributed by atoms with Crippen LogP contribution < -0.4 is 0 Å². The zero-order valence-corrected chi connectivity index (χ0v) is 12.2. The number of nitrogens with zero attached hydrogens (tertiary/aromatic N) is 1. The van der Waals surface area contributed by atoms with Crippen LogP contribution in [-0.2, 0) is 11.3 Å². The molecule has 1 aliphatic carbocycles. The first-order chi connectivity index (χ1) is 9.15. The van der Waals surface area contributed by atoms with Crippen LogP contribution in [0.2, 0.25) is 0 Å². The Balaban J connectivity index is 1.97. The van der Waals surface area contributed by atoms with Crippen molar-refractivity contribution in [2.45, 2.75) is 52.0 Å². The first-order valence-corrected chi connectivity index (χ1v) is 7.33. The highest BCUT2D eigenvalue weighted by Crippen LogP contribution is 2.34. The minimum absolute atomic E-state index is 0.122. The third kappa shape index (κ3) is 3.69. The normalized spacial score (nSPS) is 19.3. The lowest BCUT2D eigenvalue weighted by molar-refractivity contribution is -0.118. The summed E-state index contributed by atoms with van der Waals surface area (Å²) in [6, 6.07) is 2.02. The van der Waals surface area contributed by atoms with Gasteiger partial charge in [-0.25, -0.2) is 0 Å². The van der Waals surface area contributed by atoms with Crippen molar-refractivity contribution in [2.75, 3.05) is 13.6 Å². The third-order valence-corrected chi connectivity index (χ3v) is 4.34. The molecule has 0 saturated heterocycles. The summed E-state index contributed by atoms with van der Waals surface area (Å²) in [4.78, 5) is 13.9. The first-order valence-electron chi connectivity index (χ1n) is 7.33. The number of hydrogen-bond acceptors (Lipinski definition) is 3. The van der Waals surface area contributed by atoms with E-state index in [1.165, 1.54) is 37.5 Å². The molecule has 19 heavy (non-hydrogen) atoms. The summed E-state index contributed by atoms with van der Waals surface area (Å²) >= 11 is 0. The number of hydrogen-bond donors (Lipinski definition) is 0. The molecule has 0 amide bonds. The van der Waals surface area contributed by atoms with Crippen molar-refractivity contribution in [3.05, 3.63) is 23.7 Å². The fraction of sp³-hybridized carbons (Fsp3) is 0.688. The molecule has 0 N–H and O–H groups in total. The molecule has 1 aromatic rings. The monoisotopic (exact) mass is 263 g/mol. The van der Waals surface area contributed by atoms with Gasteiger partial charge in [0.25, 0.3) is 0 Å². The van der Waals surface area contributed by atoms with Gasteiger partial charge in [-0.3, -0.25) is 0 Å². The van der Waals surface area contributed by atoms with Crippen molar-refractivity contribution in [3.63, 3.8) is 0 Å². The van der Waals surface area contributed by atoms with Crippen molar-refractivity contribution >= 4 is 6.29 Å². The van der Waals surface area contributed by atoms with E-state index in [4.69, 9.17) is 4.42 Å². The van der Waals surface area contributed by atoms with Gasteiger partial charge in [0.05, 0.1) is 6.26 Å². The highest BCUT2D eigenvalue weighted by Gasteiger charge is 2.31. The number of aryl methyl sites for hydroxylation is 1. The van der Waals surface area contributed by atoms with Crippen LogP contribution in [0.4, 0.5) is 0 Å². The largest absolute Gasteiger partial charge is 0.469 e. The highest BCUT2D eigenvalue weighted by molar-refractivity contribution is 5.59. The average Bonchev–Trinajstić information content (AvgIpc) is 2.66. The molecular formula is C16H25NO2. The van der Waals surface area contributed by atoms with Gasteiger partial charge in [0.15, 0.2) is 0 Å². The van der Waals surface area contributed by atoms with Crippen LogP contribution >= 0.6 is 0 Å². The third-order valence-electron chi connectivity index (χ3n) is 4.34. The maximum atomic E-state index is 11.6. The summed E-state index contributed by atoms with van der Waals surface area (Å²) in [6.07, 6.45) is 9.99. The molecule has 3 nitrogen and oxygen atoms in total. The molecule has 1 heterocycles. The van der Waals surface area contributed by atoms with Crippen LogP contribution in [0, 0.1) is 12.3 Å². The van der Waals surface area contributed by atoms with Crippen molar-refractivity contribution in [1.29, 1.82) is 0 Å². The van der Waals surface area contributed by atoms with Crippen LogP contribution in [0.3, 0.4) is 0 Å². The zero-order chi connectivity index (χ0) is 13.7. The summed E-state index contributed by atoms with van der Waals surface area (Å²) < 4.78 is 5.33. The molecule has 0 aliphatic heterocycles. The summed E-state index contributed by atoms with van der Waals surface area (Å²) in [5.41, 5.74) is 1.10. The molecular weight excluding hydrogens is 238 g/mol. The second-order valence-corrected chi connectivity index (χ2v) is 6.07. The Morgan fingerprint density at radius 3 is 2.53 bits per heavy atom. The molecule has 1 aliphatic rings. The van der Waals surface area contributed by atoms with Crippen molar-refractivity contribution < 1.29 is 9.21 Å². The van der Waals surface area contributed by atoms with Gasteiger partial charge >= 0.3 is 0 Å². The summed E-state index contributed by atoms with van der Waals surface area (Å²) in [7, 11) is 2.10. The Morgan fingerprint density at radius 2 is 2.00 bits per heavy atom. The van der Waals surface area contributed by atoms with E-state index in [0.29, 0.717) is 0 Å². The molecule has 106 valence electrons. The van der Waals surface area contributed by atoms with Crippen molar-refractivity contribution in [1.82, 2.24) is 4.90 Å². The minimum Gasteiger partial charge on any atom is -0.469 e. The number of carbonyl (C=O) groups excluding carboxylic acids is 1. The van der Waals surface area contributed by atoms with E-state index in [-0.39, 0.29) is 5.41 Å². The van der Waals surface area contributed by atoms with E-state index >= 15 is 0 Å². The molecule has 1 fully saturated rings. The van der Waals surface area contributed by atoms with Gasteiger partial charge in [0, 0.05) is 24.1 Å². The lowest BCUT2D eigenvalue weighted by Gasteiger charge is -2.31. The van der Waals surface area contributed by atoms with Gasteiger partial charge in [0.1, 0.15) is 12.0 Å². The summed E-state index contributed by atoms with van der Waals surface area (Å²) in [5.74, 6) is 0.980. The number of carbonyl (C=O) groups is 1. The molecule has 0 radical (unpaired) electrons. The quantitative estimate of drug-likeness (QED) is 0.601. The van der Waals surface area contributed by atoms with Crippen LogP contribution in [0.25, 0.3) is 0 Å². The smallest absolute Gasteiger partial charge is 0.127 e. The van der Waals surface area contributed by atoms with E-state index < -0.39 is 0 Å². The summed E-state index contributed by atoms with van der Waals surface area (Å²) in [6.45, 7) is 3.71. The van der Waals surface area contributed by atoms with E-state index in [0.717, 1.165) is 31.7 Å². The second-order valence-electron chi connectivity index (χ2n) is 6.07. The SMILES string of the molecule is Cc1occc1CN(C)CC1(C=O)CCCCCC1. The topological polar surface area (TPSA) is 33.5 Å². The summed E-state index contributed by atoms with van der Waals surface area (Å²) in [5, 5.41) is 0. The maximum Gasteiger partial charge on any atom is 0.127 e. The zero-order valence-electron chi connectivity index (χ0n) is 12.2. The molecule has 1 saturated carbocycles. The number of furan rings is 1. The highest BCUT2D eigenvalue weighted by atomic mass is 16.3. The predicted molar refractivity (Wildman–Crippen MR) is 76.0 cm³/mol. The van der Waals surface area contributed by atoms with Gasteiger partial charge in [-0.1, -0.05) is 25.7 Å². The Kier molecular flexibility index (Phi) is 4.81. The van der Waals surface area contributed by atoms with Gasteiger partial charge in [-0.15, -0.1) is 0 Å². The van der Waals surface area contributed by atoms with Gasteiger partial charge in [-0.2, -0.15) is 0 Å². The van der Waals surface area contributed by atoms with E-state index in [1.807, 2.05) is 13.0 Å². The maximum absolute atomic E-state index is 11.6. The lowest BCUT2D eigenvalue weighted by atomic mass is 9.81. The van der Waals surface area contributed by atoms with Gasteiger partial charge in [0.2, 0.25) is 0 Å². The molecule has 0 unspecified atom stereocenters. The van der Waals surface area contributed by atoms with Crippen LogP contribution in [0.5, 0.6) is 0 Å². The molecule has 0 spiro atoms. The molecule has 0 atom stereocenters. The second kappa shape index (κ2) is 6.38.